The molecule has 0 N–H and O–H groups in total. The minimum atomic E-state index is -0.837. The van der Waals surface area contributed by atoms with E-state index in [2.05, 4.69) is 47.4 Å². The second-order valence-corrected chi connectivity index (χ2v) is 9.14. The van der Waals surface area contributed by atoms with Crippen molar-refractivity contribution in [2.75, 3.05) is 0 Å². The Balaban J connectivity index is 1.52. The summed E-state index contributed by atoms with van der Waals surface area (Å²) in [7, 11) is 0. The molecule has 4 aromatic rings. The molecule has 0 bridgehead atoms. The van der Waals surface area contributed by atoms with Crippen LogP contribution in [0.3, 0.4) is 0 Å². The Kier molecular flexibility index (Phi) is 4.42. The van der Waals surface area contributed by atoms with Crippen LogP contribution in [-0.4, -0.2) is 15.7 Å². The molecule has 158 valence electrons. The van der Waals surface area contributed by atoms with Gasteiger partial charge < -0.3 is 4.74 Å². The second kappa shape index (κ2) is 7.22. The Morgan fingerprint density at radius 1 is 0.969 bits per heavy atom. The lowest BCUT2D eigenvalue weighted by atomic mass is 9.92. The molecule has 1 aromatic heterocycles. The second-order valence-electron chi connectivity index (χ2n) is 8.30. The lowest BCUT2D eigenvalue weighted by molar-refractivity contribution is -0.112. The summed E-state index contributed by atoms with van der Waals surface area (Å²) < 4.78 is 6.56. The Morgan fingerprint density at radius 2 is 1.75 bits per heavy atom. The van der Waals surface area contributed by atoms with Gasteiger partial charge in [0, 0.05) is 41.9 Å². The number of nitrogens with zero attached hydrogens (tertiary/aromatic N) is 3. The van der Waals surface area contributed by atoms with Crippen molar-refractivity contribution < 1.29 is 4.74 Å². The third-order valence-electron chi connectivity index (χ3n) is 6.34. The van der Waals surface area contributed by atoms with E-state index in [1.165, 1.54) is 10.8 Å². The largest absolute Gasteiger partial charge is 0.461 e. The van der Waals surface area contributed by atoms with Crippen LogP contribution in [0.5, 0.6) is 5.75 Å². The smallest absolute Gasteiger partial charge is 0.221 e. The molecule has 0 spiro atoms. The topological polar surface area (TPSA) is 37.7 Å². The van der Waals surface area contributed by atoms with Crippen molar-refractivity contribution >= 4 is 39.7 Å². The molecular weight excluding hydrogens is 441 g/mol. The van der Waals surface area contributed by atoms with E-state index in [0.29, 0.717) is 15.8 Å². The van der Waals surface area contributed by atoms with E-state index in [-0.39, 0.29) is 6.04 Å². The quantitative estimate of drug-likeness (QED) is 0.325. The van der Waals surface area contributed by atoms with Crippen LogP contribution in [0, 0.1) is 0 Å². The highest BCUT2D eigenvalue weighted by Gasteiger charge is 2.49. The van der Waals surface area contributed by atoms with Gasteiger partial charge in [0.2, 0.25) is 5.72 Å². The number of aromatic nitrogens is 1. The van der Waals surface area contributed by atoms with E-state index >= 15 is 0 Å². The molecule has 0 aliphatic carbocycles. The highest BCUT2D eigenvalue weighted by molar-refractivity contribution is 6.35. The molecule has 2 atom stereocenters. The van der Waals surface area contributed by atoms with Crippen LogP contribution in [-0.2, 0) is 5.72 Å². The lowest BCUT2D eigenvalue weighted by Crippen LogP contribution is -2.48. The zero-order chi connectivity index (χ0) is 21.9. The summed E-state index contributed by atoms with van der Waals surface area (Å²) in [6.07, 6.45) is 4.26. The zero-order valence-electron chi connectivity index (χ0n) is 17.3. The van der Waals surface area contributed by atoms with Crippen molar-refractivity contribution in [3.05, 3.63) is 106 Å². The summed E-state index contributed by atoms with van der Waals surface area (Å²) in [5.74, 6) is 0.659. The molecule has 6 heteroatoms. The zero-order valence-corrected chi connectivity index (χ0v) is 18.8. The van der Waals surface area contributed by atoms with Crippen LogP contribution in [0.4, 0.5) is 0 Å². The molecule has 2 aliphatic rings. The Morgan fingerprint density at radius 3 is 2.56 bits per heavy atom. The Hall–Kier alpha value is -3.08. The maximum absolute atomic E-state index is 6.59. The Bertz CT molecular complexity index is 1390. The van der Waals surface area contributed by atoms with Crippen LogP contribution >= 0.6 is 23.2 Å². The molecule has 0 saturated carbocycles. The van der Waals surface area contributed by atoms with Gasteiger partial charge in [-0.3, -0.25) is 4.98 Å². The molecule has 4 nitrogen and oxygen atoms in total. The summed E-state index contributed by atoms with van der Waals surface area (Å²) in [6.45, 7) is 2.02. The first-order valence-electron chi connectivity index (χ1n) is 10.5. The predicted molar refractivity (Wildman–Crippen MR) is 128 cm³/mol. The summed E-state index contributed by atoms with van der Waals surface area (Å²) in [5.41, 5.74) is 3.18. The van der Waals surface area contributed by atoms with Crippen molar-refractivity contribution in [1.82, 2.24) is 9.99 Å². The van der Waals surface area contributed by atoms with Crippen LogP contribution in [0.1, 0.15) is 36.1 Å². The molecule has 0 radical (unpaired) electrons. The van der Waals surface area contributed by atoms with E-state index in [9.17, 15) is 0 Å². The normalized spacial score (nSPS) is 21.7. The van der Waals surface area contributed by atoms with Gasteiger partial charge in [-0.1, -0.05) is 59.6 Å². The number of hydrazone groups is 1. The molecule has 3 aromatic carbocycles. The Labute approximate surface area is 196 Å². The minimum Gasteiger partial charge on any atom is -0.461 e. The number of rotatable bonds is 2. The molecule has 0 fully saturated rings. The molecule has 0 unspecified atom stereocenters. The number of fused-ring (bicyclic) bond motifs is 4. The SMILES string of the molecule is C[C@@]1(c2ccncc2)Oc2c(Cl)cc(Cl)cc2[C@@H]2CC(c3ccc4ccccc4c3)=NN21. The van der Waals surface area contributed by atoms with Crippen molar-refractivity contribution in [1.29, 1.82) is 0 Å². The van der Waals surface area contributed by atoms with Crippen molar-refractivity contribution in [3.8, 4) is 5.75 Å². The van der Waals surface area contributed by atoms with Gasteiger partial charge in [0.15, 0.2) is 0 Å². The van der Waals surface area contributed by atoms with Gasteiger partial charge in [0.05, 0.1) is 16.8 Å². The molecule has 6 rings (SSSR count). The average Bonchev–Trinajstić information content (AvgIpc) is 3.27. The van der Waals surface area contributed by atoms with Gasteiger partial charge in [-0.2, -0.15) is 5.10 Å². The van der Waals surface area contributed by atoms with Gasteiger partial charge in [-0.25, -0.2) is 5.01 Å². The summed E-state index contributed by atoms with van der Waals surface area (Å²) in [6, 6.07) is 22.4. The van der Waals surface area contributed by atoms with Crippen molar-refractivity contribution in [2.24, 2.45) is 5.10 Å². The first kappa shape index (κ1) is 19.6. The number of halogens is 2. The van der Waals surface area contributed by atoms with E-state index in [4.69, 9.17) is 33.0 Å². The number of benzene rings is 3. The number of pyridine rings is 1. The fourth-order valence-electron chi connectivity index (χ4n) is 4.72. The molecular formula is C26H19Cl2N3O. The maximum Gasteiger partial charge on any atom is 0.221 e. The third-order valence-corrected chi connectivity index (χ3v) is 6.84. The van der Waals surface area contributed by atoms with Crippen LogP contribution in [0.2, 0.25) is 10.0 Å². The lowest BCUT2D eigenvalue weighted by Gasteiger charge is -2.46. The molecule has 32 heavy (non-hydrogen) atoms. The summed E-state index contributed by atoms with van der Waals surface area (Å²) >= 11 is 13.0. The number of hydrogen-bond acceptors (Lipinski definition) is 4. The van der Waals surface area contributed by atoms with E-state index in [0.717, 1.165) is 28.8 Å². The van der Waals surface area contributed by atoms with E-state index in [1.54, 1.807) is 18.5 Å². The van der Waals surface area contributed by atoms with Crippen LogP contribution < -0.4 is 4.74 Å². The first-order chi connectivity index (χ1) is 15.5. The predicted octanol–water partition coefficient (Wildman–Crippen LogP) is 6.96. The van der Waals surface area contributed by atoms with Gasteiger partial charge >= 0.3 is 0 Å². The van der Waals surface area contributed by atoms with Gasteiger partial charge in [0.25, 0.3) is 0 Å². The first-order valence-corrected chi connectivity index (χ1v) is 11.2. The van der Waals surface area contributed by atoms with Gasteiger partial charge in [-0.05, 0) is 46.7 Å². The fraction of sp³-hybridized carbons (Fsp3) is 0.154. The highest BCUT2D eigenvalue weighted by atomic mass is 35.5. The molecule has 2 aliphatic heterocycles. The van der Waals surface area contributed by atoms with Crippen molar-refractivity contribution in [3.63, 3.8) is 0 Å². The standard InChI is InChI=1S/C26H19Cl2N3O/c1-26(19-8-10-29-11-9-19)31-24(21-13-20(27)14-22(28)25(21)32-26)15-23(30-31)18-7-6-16-4-2-3-5-17(16)12-18/h2-14,24H,15H2,1H3/t24-,26-/m0/s1. The highest BCUT2D eigenvalue weighted by Crippen LogP contribution is 2.53. The van der Waals surface area contributed by atoms with Crippen LogP contribution in [0.15, 0.2) is 84.2 Å². The summed E-state index contributed by atoms with van der Waals surface area (Å²) in [4.78, 5) is 4.17. The van der Waals surface area contributed by atoms with Gasteiger partial charge in [0.1, 0.15) is 5.75 Å². The monoisotopic (exact) mass is 459 g/mol. The van der Waals surface area contributed by atoms with E-state index in [1.807, 2.05) is 30.1 Å². The third kappa shape index (κ3) is 2.98. The van der Waals surface area contributed by atoms with Crippen molar-refractivity contribution in [2.45, 2.75) is 25.1 Å². The average molecular weight is 460 g/mol. The molecule has 0 amide bonds. The molecule has 3 heterocycles. The summed E-state index contributed by atoms with van der Waals surface area (Å²) in [5, 5.41) is 10.6. The van der Waals surface area contributed by atoms with E-state index < -0.39 is 5.72 Å². The van der Waals surface area contributed by atoms with Gasteiger partial charge in [-0.15, -0.1) is 0 Å². The fourth-order valence-corrected chi connectivity index (χ4v) is 5.27. The molecule has 0 saturated heterocycles. The maximum atomic E-state index is 6.59. The van der Waals surface area contributed by atoms with Crippen LogP contribution in [0.25, 0.3) is 10.8 Å². The number of ether oxygens (including phenoxy) is 1. The number of hydrogen-bond donors (Lipinski definition) is 0. The minimum absolute atomic E-state index is 0.0467.